The molecule has 0 radical (unpaired) electrons. The Kier molecular flexibility index (Phi) is 2.63. The van der Waals surface area contributed by atoms with Crippen LogP contribution in [0.3, 0.4) is 0 Å². The number of nitrogens with zero attached hydrogens (tertiary/aromatic N) is 1. The molecule has 2 aromatic carbocycles. The molecule has 0 bridgehead atoms. The third-order valence-electron chi connectivity index (χ3n) is 3.13. The Bertz CT molecular complexity index is 768. The van der Waals surface area contributed by atoms with Gasteiger partial charge in [0.2, 0.25) is 0 Å². The molecule has 3 rings (SSSR count). The highest BCUT2D eigenvalue weighted by Gasteiger charge is 2.12. The van der Waals surface area contributed by atoms with E-state index in [4.69, 9.17) is 16.2 Å². The number of anilines is 2. The van der Waals surface area contributed by atoms with Crippen molar-refractivity contribution in [3.05, 3.63) is 36.4 Å². The first-order chi connectivity index (χ1) is 9.20. The third-order valence-corrected chi connectivity index (χ3v) is 3.13. The predicted octanol–water partition coefficient (Wildman–Crippen LogP) is 2.95. The number of pyridine rings is 1. The maximum atomic E-state index is 6.00. The van der Waals surface area contributed by atoms with E-state index < -0.39 is 0 Å². The number of nitrogens with two attached hydrogens (primary N) is 2. The van der Waals surface area contributed by atoms with Crippen LogP contribution >= 0.6 is 0 Å². The summed E-state index contributed by atoms with van der Waals surface area (Å²) in [6.07, 6.45) is 0. The fourth-order valence-electron chi connectivity index (χ4n) is 2.22. The second-order valence-electron chi connectivity index (χ2n) is 4.39. The maximum absolute atomic E-state index is 6.00. The zero-order valence-electron chi connectivity index (χ0n) is 10.7. The molecule has 1 heterocycles. The molecule has 3 aromatic rings. The van der Waals surface area contributed by atoms with Crippen molar-refractivity contribution in [2.24, 2.45) is 0 Å². The van der Waals surface area contributed by atoms with Crippen LogP contribution in [0.25, 0.3) is 21.8 Å². The number of benzene rings is 2. The summed E-state index contributed by atoms with van der Waals surface area (Å²) in [4.78, 5) is 4.61. The first-order valence-corrected chi connectivity index (χ1v) is 6.21. The Hall–Kier alpha value is -2.49. The second kappa shape index (κ2) is 4.31. The van der Waals surface area contributed by atoms with Gasteiger partial charge in [0.15, 0.2) is 5.75 Å². The van der Waals surface area contributed by atoms with E-state index in [1.807, 2.05) is 37.3 Å². The van der Waals surface area contributed by atoms with Gasteiger partial charge < -0.3 is 16.2 Å². The average molecular weight is 253 g/mol. The van der Waals surface area contributed by atoms with Crippen molar-refractivity contribution in [3.8, 4) is 5.75 Å². The van der Waals surface area contributed by atoms with Crippen LogP contribution in [0.4, 0.5) is 11.4 Å². The molecule has 0 amide bonds. The van der Waals surface area contributed by atoms with Gasteiger partial charge in [0.1, 0.15) is 0 Å². The van der Waals surface area contributed by atoms with Gasteiger partial charge >= 0.3 is 0 Å². The second-order valence-corrected chi connectivity index (χ2v) is 4.39. The number of fused-ring (bicyclic) bond motifs is 2. The fourth-order valence-corrected chi connectivity index (χ4v) is 2.22. The zero-order valence-corrected chi connectivity index (χ0v) is 10.7. The molecule has 96 valence electrons. The lowest BCUT2D eigenvalue weighted by molar-refractivity contribution is 0.346. The van der Waals surface area contributed by atoms with Gasteiger partial charge in [0, 0.05) is 10.8 Å². The minimum Gasteiger partial charge on any atom is -0.491 e. The van der Waals surface area contributed by atoms with Crippen LogP contribution in [-0.4, -0.2) is 11.6 Å². The number of aromatic nitrogens is 1. The van der Waals surface area contributed by atoms with Crippen molar-refractivity contribution in [2.75, 3.05) is 18.1 Å². The van der Waals surface area contributed by atoms with Crippen LogP contribution in [0.15, 0.2) is 36.4 Å². The predicted molar refractivity (Wildman–Crippen MR) is 79.2 cm³/mol. The fraction of sp³-hybridized carbons (Fsp3) is 0.133. The minimum atomic E-state index is 0.478. The number of nitrogen functional groups attached to an aromatic ring is 2. The van der Waals surface area contributed by atoms with Crippen molar-refractivity contribution >= 4 is 33.2 Å². The molecule has 0 saturated heterocycles. The lowest BCUT2D eigenvalue weighted by atomic mass is 10.1. The number of hydrogen-bond donors (Lipinski definition) is 2. The molecule has 0 aliphatic carbocycles. The molecule has 19 heavy (non-hydrogen) atoms. The summed E-state index contributed by atoms with van der Waals surface area (Å²) < 4.78 is 5.63. The van der Waals surface area contributed by atoms with Crippen molar-refractivity contribution in [2.45, 2.75) is 6.92 Å². The average Bonchev–Trinajstić information content (AvgIpc) is 2.42. The Labute approximate surface area is 111 Å². The molecular weight excluding hydrogens is 238 g/mol. The maximum Gasteiger partial charge on any atom is 0.153 e. The summed E-state index contributed by atoms with van der Waals surface area (Å²) >= 11 is 0. The van der Waals surface area contributed by atoms with E-state index in [1.165, 1.54) is 0 Å². The van der Waals surface area contributed by atoms with Crippen LogP contribution in [0, 0.1) is 0 Å². The summed E-state index contributed by atoms with van der Waals surface area (Å²) in [5, 5.41) is 1.95. The lowest BCUT2D eigenvalue weighted by Crippen LogP contribution is -2.02. The molecule has 0 unspecified atom stereocenters. The van der Waals surface area contributed by atoms with Crippen molar-refractivity contribution in [1.82, 2.24) is 4.98 Å². The van der Waals surface area contributed by atoms with E-state index in [-0.39, 0.29) is 0 Å². The summed E-state index contributed by atoms with van der Waals surface area (Å²) in [5.41, 5.74) is 14.6. The Morgan fingerprint density at radius 2 is 1.89 bits per heavy atom. The molecule has 0 spiro atoms. The molecule has 4 heteroatoms. The van der Waals surface area contributed by atoms with Gasteiger partial charge in [0.05, 0.1) is 29.0 Å². The summed E-state index contributed by atoms with van der Waals surface area (Å²) in [6, 6.07) is 11.8. The number of rotatable bonds is 2. The van der Waals surface area contributed by atoms with E-state index >= 15 is 0 Å². The highest BCUT2D eigenvalue weighted by atomic mass is 16.5. The van der Waals surface area contributed by atoms with E-state index in [9.17, 15) is 0 Å². The standard InChI is InChI=1S/C15H15N3O/c1-2-19-15-10-7-9-5-3-4-6-12(9)18-13(10)8-11(16)14(15)17/h3-8H,2,16-17H2,1H3. The summed E-state index contributed by atoms with van der Waals surface area (Å²) in [7, 11) is 0. The zero-order chi connectivity index (χ0) is 13.4. The monoisotopic (exact) mass is 253 g/mol. The molecule has 0 saturated carbocycles. The van der Waals surface area contributed by atoms with Crippen LogP contribution in [0.5, 0.6) is 5.75 Å². The van der Waals surface area contributed by atoms with Gasteiger partial charge in [-0.05, 0) is 25.1 Å². The van der Waals surface area contributed by atoms with E-state index in [2.05, 4.69) is 4.98 Å². The van der Waals surface area contributed by atoms with Gasteiger partial charge in [0.25, 0.3) is 0 Å². The van der Waals surface area contributed by atoms with Gasteiger partial charge in [-0.2, -0.15) is 0 Å². The largest absolute Gasteiger partial charge is 0.491 e. The molecule has 0 atom stereocenters. The molecule has 4 nitrogen and oxygen atoms in total. The van der Waals surface area contributed by atoms with Gasteiger partial charge in [-0.15, -0.1) is 0 Å². The van der Waals surface area contributed by atoms with Crippen molar-refractivity contribution in [3.63, 3.8) is 0 Å². The molecular formula is C15H15N3O. The van der Waals surface area contributed by atoms with E-state index in [0.717, 1.165) is 21.8 Å². The number of ether oxygens (including phenoxy) is 1. The van der Waals surface area contributed by atoms with Crippen LogP contribution < -0.4 is 16.2 Å². The van der Waals surface area contributed by atoms with E-state index in [1.54, 1.807) is 6.07 Å². The third kappa shape index (κ3) is 1.81. The topological polar surface area (TPSA) is 74.2 Å². The quantitative estimate of drug-likeness (QED) is 0.544. The van der Waals surface area contributed by atoms with Crippen LogP contribution in [-0.2, 0) is 0 Å². The van der Waals surface area contributed by atoms with Gasteiger partial charge in [-0.3, -0.25) is 0 Å². The van der Waals surface area contributed by atoms with E-state index in [0.29, 0.717) is 23.7 Å². The smallest absolute Gasteiger partial charge is 0.153 e. The highest BCUT2D eigenvalue weighted by Crippen LogP contribution is 2.37. The van der Waals surface area contributed by atoms with Crippen LogP contribution in [0.1, 0.15) is 6.92 Å². The lowest BCUT2D eigenvalue weighted by Gasteiger charge is -2.13. The first-order valence-electron chi connectivity index (χ1n) is 6.21. The molecule has 0 aliphatic rings. The Balaban J connectivity index is 2.42. The van der Waals surface area contributed by atoms with Crippen molar-refractivity contribution < 1.29 is 4.74 Å². The Morgan fingerprint density at radius 1 is 1.11 bits per heavy atom. The molecule has 4 N–H and O–H groups in total. The molecule has 0 aliphatic heterocycles. The number of para-hydroxylation sites is 1. The minimum absolute atomic E-state index is 0.478. The number of hydrogen-bond acceptors (Lipinski definition) is 4. The summed E-state index contributed by atoms with van der Waals surface area (Å²) in [5.74, 6) is 0.621. The first kappa shape index (κ1) is 11.6. The molecule has 0 fully saturated rings. The normalized spacial score (nSPS) is 11.0. The highest BCUT2D eigenvalue weighted by molar-refractivity contribution is 6.01. The van der Waals surface area contributed by atoms with Crippen molar-refractivity contribution in [1.29, 1.82) is 0 Å². The molecule has 1 aromatic heterocycles. The summed E-state index contributed by atoms with van der Waals surface area (Å²) in [6.45, 7) is 2.46. The van der Waals surface area contributed by atoms with Gasteiger partial charge in [-0.1, -0.05) is 18.2 Å². The SMILES string of the molecule is CCOc1c(N)c(N)cc2nc3ccccc3cc12. The Morgan fingerprint density at radius 3 is 2.68 bits per heavy atom. The van der Waals surface area contributed by atoms with Gasteiger partial charge in [-0.25, -0.2) is 4.98 Å². The van der Waals surface area contributed by atoms with Crippen LogP contribution in [0.2, 0.25) is 0 Å².